The molecule has 0 unspecified atom stereocenters. The first-order chi connectivity index (χ1) is 11.2. The van der Waals surface area contributed by atoms with E-state index in [0.29, 0.717) is 23.6 Å². The molecule has 1 amide bonds. The number of amides is 1. The van der Waals surface area contributed by atoms with E-state index >= 15 is 0 Å². The second-order valence-electron chi connectivity index (χ2n) is 5.21. The maximum absolute atomic E-state index is 12.7. The number of ether oxygens (including phenoxy) is 2. The van der Waals surface area contributed by atoms with Crippen LogP contribution in [-0.2, 0) is 4.79 Å². The molecule has 0 atom stereocenters. The molecule has 0 bridgehead atoms. The summed E-state index contributed by atoms with van der Waals surface area (Å²) in [5.74, 6) is 1.29. The summed E-state index contributed by atoms with van der Waals surface area (Å²) in [4.78, 5) is 14.5. The van der Waals surface area contributed by atoms with Gasteiger partial charge in [0.2, 0.25) is 0 Å². The number of hydrogen-bond donors (Lipinski definition) is 0. The first-order valence-electron chi connectivity index (χ1n) is 7.55. The van der Waals surface area contributed by atoms with E-state index in [1.54, 1.807) is 19.1 Å². The summed E-state index contributed by atoms with van der Waals surface area (Å²) in [6.07, 6.45) is 1.87. The van der Waals surface area contributed by atoms with Gasteiger partial charge in [-0.25, -0.2) is 0 Å². The van der Waals surface area contributed by atoms with Crippen molar-refractivity contribution in [3.05, 3.63) is 53.6 Å². The van der Waals surface area contributed by atoms with Crippen LogP contribution in [0, 0.1) is 0 Å². The molecule has 4 nitrogen and oxygen atoms in total. The van der Waals surface area contributed by atoms with Gasteiger partial charge in [0.25, 0.3) is 5.91 Å². The zero-order valence-electron chi connectivity index (χ0n) is 13.5. The summed E-state index contributed by atoms with van der Waals surface area (Å²) in [5.41, 5.74) is 3.40. The normalized spacial score (nSPS) is 15.0. The Morgan fingerprint density at radius 2 is 1.83 bits per heavy atom. The average Bonchev–Trinajstić information content (AvgIpc) is 2.86. The van der Waals surface area contributed by atoms with Gasteiger partial charge in [0.1, 0.15) is 0 Å². The van der Waals surface area contributed by atoms with Crippen molar-refractivity contribution in [1.82, 2.24) is 0 Å². The molecular weight excluding hydrogens is 290 g/mol. The van der Waals surface area contributed by atoms with Crippen molar-refractivity contribution in [3.8, 4) is 11.5 Å². The van der Waals surface area contributed by atoms with Gasteiger partial charge in [-0.2, -0.15) is 0 Å². The Labute approximate surface area is 135 Å². The van der Waals surface area contributed by atoms with Gasteiger partial charge in [0.15, 0.2) is 11.5 Å². The molecule has 0 spiro atoms. The van der Waals surface area contributed by atoms with E-state index in [-0.39, 0.29) is 5.91 Å². The topological polar surface area (TPSA) is 38.8 Å². The number of benzene rings is 2. The maximum atomic E-state index is 12.7. The molecule has 0 fully saturated rings. The van der Waals surface area contributed by atoms with Crippen molar-refractivity contribution >= 4 is 23.2 Å². The quantitative estimate of drug-likeness (QED) is 0.810. The highest BCUT2D eigenvalue weighted by Crippen LogP contribution is 2.39. The molecule has 0 N–H and O–H groups in total. The van der Waals surface area contributed by atoms with Crippen molar-refractivity contribution in [2.45, 2.75) is 6.92 Å². The zero-order valence-corrected chi connectivity index (χ0v) is 13.5. The third kappa shape index (κ3) is 2.46. The van der Waals surface area contributed by atoms with Crippen LogP contribution in [0.5, 0.6) is 11.5 Å². The fourth-order valence-electron chi connectivity index (χ4n) is 2.94. The van der Waals surface area contributed by atoms with E-state index in [4.69, 9.17) is 9.47 Å². The number of anilines is 1. The van der Waals surface area contributed by atoms with Gasteiger partial charge >= 0.3 is 0 Å². The Kier molecular flexibility index (Phi) is 4.06. The summed E-state index contributed by atoms with van der Waals surface area (Å²) in [5, 5.41) is 0. The summed E-state index contributed by atoms with van der Waals surface area (Å²) in [6.45, 7) is 2.62. The second-order valence-corrected chi connectivity index (χ2v) is 5.21. The van der Waals surface area contributed by atoms with Gasteiger partial charge in [0, 0.05) is 23.2 Å². The highest BCUT2D eigenvalue weighted by Gasteiger charge is 2.31. The molecule has 0 aliphatic carbocycles. The Morgan fingerprint density at radius 1 is 1.04 bits per heavy atom. The van der Waals surface area contributed by atoms with Crippen LogP contribution in [0.4, 0.5) is 5.69 Å². The number of para-hydroxylation sites is 2. The van der Waals surface area contributed by atoms with Crippen LogP contribution < -0.4 is 14.4 Å². The zero-order chi connectivity index (χ0) is 16.4. The van der Waals surface area contributed by atoms with Gasteiger partial charge in [0.05, 0.1) is 19.9 Å². The van der Waals surface area contributed by atoms with Gasteiger partial charge in [-0.1, -0.05) is 30.3 Å². The minimum absolute atomic E-state index is 0.0126. The summed E-state index contributed by atoms with van der Waals surface area (Å²) < 4.78 is 10.8. The third-order valence-electron chi connectivity index (χ3n) is 4.01. The minimum Gasteiger partial charge on any atom is -0.493 e. The number of hydrogen-bond acceptors (Lipinski definition) is 3. The summed E-state index contributed by atoms with van der Waals surface area (Å²) >= 11 is 0. The molecule has 2 aromatic carbocycles. The average molecular weight is 309 g/mol. The molecule has 118 valence electrons. The van der Waals surface area contributed by atoms with E-state index < -0.39 is 0 Å². The van der Waals surface area contributed by atoms with Crippen LogP contribution in [0.2, 0.25) is 0 Å². The predicted molar refractivity (Wildman–Crippen MR) is 91.9 cm³/mol. The van der Waals surface area contributed by atoms with Gasteiger partial charge in [-0.05, 0) is 25.1 Å². The first-order valence-corrected chi connectivity index (χ1v) is 7.55. The molecule has 23 heavy (non-hydrogen) atoms. The second kappa shape index (κ2) is 6.16. The van der Waals surface area contributed by atoms with Crippen molar-refractivity contribution in [2.75, 3.05) is 25.7 Å². The van der Waals surface area contributed by atoms with Crippen LogP contribution in [0.1, 0.15) is 18.1 Å². The molecule has 2 aromatic rings. The highest BCUT2D eigenvalue weighted by atomic mass is 16.5. The molecule has 0 aromatic heterocycles. The Bertz CT molecular complexity index is 780. The van der Waals surface area contributed by atoms with E-state index in [9.17, 15) is 4.79 Å². The van der Waals surface area contributed by atoms with Crippen molar-refractivity contribution in [2.24, 2.45) is 0 Å². The van der Waals surface area contributed by atoms with Crippen LogP contribution in [-0.4, -0.2) is 26.7 Å². The van der Waals surface area contributed by atoms with E-state index in [1.807, 2.05) is 55.5 Å². The van der Waals surface area contributed by atoms with E-state index in [0.717, 1.165) is 16.8 Å². The number of carbonyl (C=O) groups is 1. The van der Waals surface area contributed by atoms with Crippen molar-refractivity contribution in [3.63, 3.8) is 0 Å². The minimum atomic E-state index is 0.0126. The van der Waals surface area contributed by atoms with Gasteiger partial charge in [-0.3, -0.25) is 4.79 Å². The lowest BCUT2D eigenvalue weighted by molar-refractivity contribution is -0.112. The van der Waals surface area contributed by atoms with Crippen LogP contribution >= 0.6 is 0 Å². The molecule has 3 rings (SSSR count). The standard InChI is InChI=1S/C19H19NO3/c1-4-20-16-10-6-5-9-14(16)15(19(20)21)12-13-8-7-11-17(22-2)18(13)23-3/h5-12H,4H2,1-3H3/b15-12-. The van der Waals surface area contributed by atoms with Gasteiger partial charge in [-0.15, -0.1) is 0 Å². The smallest absolute Gasteiger partial charge is 0.258 e. The lowest BCUT2D eigenvalue weighted by Crippen LogP contribution is -2.25. The predicted octanol–water partition coefficient (Wildman–Crippen LogP) is 3.61. The molecule has 1 aliphatic rings. The SMILES string of the molecule is CCN1C(=O)/C(=C\c2cccc(OC)c2OC)c2ccccc21. The summed E-state index contributed by atoms with van der Waals surface area (Å²) in [7, 11) is 3.20. The number of likely N-dealkylation sites (N-methyl/N-ethyl adjacent to an activating group) is 1. The Hall–Kier alpha value is -2.75. The highest BCUT2D eigenvalue weighted by molar-refractivity contribution is 6.35. The number of rotatable bonds is 4. The fourth-order valence-corrected chi connectivity index (χ4v) is 2.94. The van der Waals surface area contributed by atoms with Crippen LogP contribution in [0.15, 0.2) is 42.5 Å². The van der Waals surface area contributed by atoms with Crippen LogP contribution in [0.25, 0.3) is 11.6 Å². The first kappa shape index (κ1) is 15.2. The third-order valence-corrected chi connectivity index (χ3v) is 4.01. The number of nitrogens with zero attached hydrogens (tertiary/aromatic N) is 1. The molecule has 1 aliphatic heterocycles. The number of fused-ring (bicyclic) bond motifs is 1. The van der Waals surface area contributed by atoms with Crippen LogP contribution in [0.3, 0.4) is 0 Å². The number of methoxy groups -OCH3 is 2. The largest absolute Gasteiger partial charge is 0.493 e. The summed E-state index contributed by atoms with van der Waals surface area (Å²) in [6, 6.07) is 13.5. The lowest BCUT2D eigenvalue weighted by atomic mass is 10.0. The molecule has 0 radical (unpaired) electrons. The monoisotopic (exact) mass is 309 g/mol. The fraction of sp³-hybridized carbons (Fsp3) is 0.211. The Balaban J connectivity index is 2.16. The van der Waals surface area contributed by atoms with E-state index in [2.05, 4.69) is 0 Å². The van der Waals surface area contributed by atoms with Gasteiger partial charge < -0.3 is 14.4 Å². The lowest BCUT2D eigenvalue weighted by Gasteiger charge is -2.13. The Morgan fingerprint density at radius 3 is 2.52 bits per heavy atom. The van der Waals surface area contributed by atoms with E-state index in [1.165, 1.54) is 0 Å². The molecular formula is C19H19NO3. The van der Waals surface area contributed by atoms with Crippen molar-refractivity contribution in [1.29, 1.82) is 0 Å². The molecule has 1 heterocycles. The number of carbonyl (C=O) groups excluding carboxylic acids is 1. The molecule has 0 saturated heterocycles. The molecule has 4 heteroatoms. The van der Waals surface area contributed by atoms with Crippen molar-refractivity contribution < 1.29 is 14.3 Å². The maximum Gasteiger partial charge on any atom is 0.258 e. The molecule has 0 saturated carbocycles.